The fraction of sp³-hybridized carbons (Fsp3) is 0.111. The Hall–Kier alpha value is -2.68. The minimum Gasteiger partial charge on any atom is -0.275 e. The predicted octanol–water partition coefficient (Wildman–Crippen LogP) is 2.68. The quantitative estimate of drug-likeness (QED) is 0.806. The lowest BCUT2D eigenvalue weighted by Gasteiger charge is -2.14. The Morgan fingerprint density at radius 1 is 0.810 bits per heavy atom. The summed E-state index contributed by atoms with van der Waals surface area (Å²) in [4.78, 5) is 25.7. The van der Waals surface area contributed by atoms with Crippen LogP contribution in [0.1, 0.15) is 11.1 Å². The van der Waals surface area contributed by atoms with Crippen LogP contribution in [0.5, 0.6) is 0 Å². The summed E-state index contributed by atoms with van der Waals surface area (Å²) in [6.45, 7) is 0.411. The maximum Gasteiger partial charge on any atom is 0.261 e. The highest BCUT2D eigenvalue weighted by Crippen LogP contribution is 2.23. The van der Waals surface area contributed by atoms with E-state index in [4.69, 9.17) is 0 Å². The second kappa shape index (κ2) is 5.75. The van der Waals surface area contributed by atoms with E-state index in [0.29, 0.717) is 18.5 Å². The summed E-state index contributed by atoms with van der Waals surface area (Å²) in [5.41, 5.74) is 2.39. The molecule has 1 heterocycles. The molecule has 3 nitrogen and oxygen atoms in total. The molecule has 0 atom stereocenters. The van der Waals surface area contributed by atoms with Crippen molar-refractivity contribution >= 4 is 17.4 Å². The van der Waals surface area contributed by atoms with Gasteiger partial charge in [-0.3, -0.25) is 14.5 Å². The molecule has 0 N–H and O–H groups in total. The summed E-state index contributed by atoms with van der Waals surface area (Å²) >= 11 is 0. The number of amides is 2. The first-order valence-electron chi connectivity index (χ1n) is 6.92. The molecule has 2 aromatic rings. The van der Waals surface area contributed by atoms with Crippen LogP contribution >= 0.6 is 0 Å². The number of benzene rings is 2. The Labute approximate surface area is 123 Å². The van der Waals surface area contributed by atoms with Crippen LogP contribution < -0.4 is 0 Å². The lowest BCUT2D eigenvalue weighted by atomic mass is 10.1. The summed E-state index contributed by atoms with van der Waals surface area (Å²) in [7, 11) is 0. The average Bonchev–Trinajstić information content (AvgIpc) is 2.82. The highest BCUT2D eigenvalue weighted by atomic mass is 16.2. The molecule has 3 heteroatoms. The third-order valence-electron chi connectivity index (χ3n) is 3.56. The molecule has 21 heavy (non-hydrogen) atoms. The van der Waals surface area contributed by atoms with Crippen molar-refractivity contribution in [2.75, 3.05) is 6.54 Å². The van der Waals surface area contributed by atoms with Gasteiger partial charge in [-0.25, -0.2) is 0 Å². The Morgan fingerprint density at radius 2 is 1.43 bits per heavy atom. The first-order chi connectivity index (χ1) is 10.3. The topological polar surface area (TPSA) is 37.4 Å². The molecule has 0 unspecified atom stereocenters. The number of nitrogens with zero attached hydrogens (tertiary/aromatic N) is 1. The smallest absolute Gasteiger partial charge is 0.261 e. The largest absolute Gasteiger partial charge is 0.275 e. The van der Waals surface area contributed by atoms with E-state index in [2.05, 4.69) is 0 Å². The van der Waals surface area contributed by atoms with Crippen molar-refractivity contribution in [3.63, 3.8) is 0 Å². The molecule has 0 bridgehead atoms. The third-order valence-corrected chi connectivity index (χ3v) is 3.56. The Morgan fingerprint density at radius 3 is 2.10 bits per heavy atom. The van der Waals surface area contributed by atoms with Crippen molar-refractivity contribution in [3.8, 4) is 0 Å². The first kappa shape index (κ1) is 13.3. The SMILES string of the molecule is O=C1C=C(c2ccccc2)C(=O)N1CCc1ccccc1. The van der Waals surface area contributed by atoms with Gasteiger partial charge in [-0.05, 0) is 17.5 Å². The van der Waals surface area contributed by atoms with Crippen LogP contribution in [0, 0.1) is 0 Å². The molecular formula is C18H15NO2. The van der Waals surface area contributed by atoms with Crippen LogP contribution in [-0.2, 0) is 16.0 Å². The minimum atomic E-state index is -0.227. The molecule has 0 spiro atoms. The van der Waals surface area contributed by atoms with E-state index in [1.54, 1.807) is 0 Å². The molecule has 0 aromatic heterocycles. The molecule has 1 aliphatic rings. The highest BCUT2D eigenvalue weighted by Gasteiger charge is 2.31. The summed E-state index contributed by atoms with van der Waals surface area (Å²) in [5.74, 6) is -0.433. The molecule has 2 amide bonds. The van der Waals surface area contributed by atoms with Crippen molar-refractivity contribution in [2.24, 2.45) is 0 Å². The fourth-order valence-electron chi connectivity index (χ4n) is 2.43. The van der Waals surface area contributed by atoms with Crippen molar-refractivity contribution in [1.82, 2.24) is 4.90 Å². The van der Waals surface area contributed by atoms with Crippen LogP contribution in [0.3, 0.4) is 0 Å². The van der Waals surface area contributed by atoms with Gasteiger partial charge < -0.3 is 0 Å². The van der Waals surface area contributed by atoms with E-state index in [1.165, 1.54) is 11.0 Å². The van der Waals surface area contributed by atoms with Gasteiger partial charge in [-0.1, -0.05) is 60.7 Å². The Bertz CT molecular complexity index is 690. The number of carbonyl (C=O) groups excluding carboxylic acids is 2. The molecule has 0 fully saturated rings. The van der Waals surface area contributed by atoms with E-state index >= 15 is 0 Å². The van der Waals surface area contributed by atoms with E-state index in [0.717, 1.165) is 11.1 Å². The molecule has 2 aromatic carbocycles. The molecule has 3 rings (SSSR count). The maximum atomic E-state index is 12.4. The van der Waals surface area contributed by atoms with Crippen molar-refractivity contribution in [2.45, 2.75) is 6.42 Å². The minimum absolute atomic E-state index is 0.206. The van der Waals surface area contributed by atoms with Crippen molar-refractivity contribution in [1.29, 1.82) is 0 Å². The summed E-state index contributed by atoms with van der Waals surface area (Å²) in [5, 5.41) is 0. The van der Waals surface area contributed by atoms with Gasteiger partial charge in [0.05, 0.1) is 5.57 Å². The van der Waals surface area contributed by atoms with E-state index < -0.39 is 0 Å². The molecule has 0 saturated heterocycles. The second-order valence-corrected chi connectivity index (χ2v) is 4.95. The fourth-order valence-corrected chi connectivity index (χ4v) is 2.43. The van der Waals surface area contributed by atoms with E-state index in [9.17, 15) is 9.59 Å². The van der Waals surface area contributed by atoms with Gasteiger partial charge >= 0.3 is 0 Å². The van der Waals surface area contributed by atoms with Crippen molar-refractivity contribution < 1.29 is 9.59 Å². The Balaban J connectivity index is 1.72. The predicted molar refractivity (Wildman–Crippen MR) is 81.3 cm³/mol. The number of hydrogen-bond donors (Lipinski definition) is 0. The Kier molecular flexibility index (Phi) is 3.65. The van der Waals surface area contributed by atoms with Crippen LogP contribution in [0.4, 0.5) is 0 Å². The lowest BCUT2D eigenvalue weighted by molar-refractivity contribution is -0.136. The molecule has 0 radical (unpaired) electrons. The first-order valence-corrected chi connectivity index (χ1v) is 6.92. The van der Waals surface area contributed by atoms with Gasteiger partial charge in [0.2, 0.25) is 0 Å². The van der Waals surface area contributed by atoms with E-state index in [1.807, 2.05) is 60.7 Å². The zero-order valence-electron chi connectivity index (χ0n) is 11.5. The monoisotopic (exact) mass is 277 g/mol. The number of imide groups is 1. The second-order valence-electron chi connectivity index (χ2n) is 4.95. The van der Waals surface area contributed by atoms with E-state index in [-0.39, 0.29) is 11.8 Å². The molecule has 1 aliphatic heterocycles. The summed E-state index contributed by atoms with van der Waals surface area (Å²) in [6, 6.07) is 19.2. The van der Waals surface area contributed by atoms with Gasteiger partial charge in [0.15, 0.2) is 0 Å². The van der Waals surface area contributed by atoms with Gasteiger partial charge in [-0.2, -0.15) is 0 Å². The average molecular weight is 277 g/mol. The van der Waals surface area contributed by atoms with Crippen LogP contribution in [0.15, 0.2) is 66.7 Å². The van der Waals surface area contributed by atoms with Crippen LogP contribution in [-0.4, -0.2) is 23.3 Å². The van der Waals surface area contributed by atoms with Crippen LogP contribution in [0.25, 0.3) is 5.57 Å². The third kappa shape index (κ3) is 2.77. The summed E-state index contributed by atoms with van der Waals surface area (Å²) in [6.07, 6.45) is 2.11. The molecule has 0 aliphatic carbocycles. The highest BCUT2D eigenvalue weighted by molar-refractivity contribution is 6.33. The zero-order chi connectivity index (χ0) is 14.7. The standard InChI is InChI=1S/C18H15NO2/c20-17-13-16(15-9-5-2-6-10-15)18(21)19(17)12-11-14-7-3-1-4-8-14/h1-10,13H,11-12H2. The van der Waals surface area contributed by atoms with Gasteiger partial charge in [-0.15, -0.1) is 0 Å². The normalized spacial score (nSPS) is 14.5. The molecular weight excluding hydrogens is 262 g/mol. The lowest BCUT2D eigenvalue weighted by Crippen LogP contribution is -2.32. The number of carbonyl (C=O) groups is 2. The maximum absolute atomic E-state index is 12.4. The molecule has 0 saturated carbocycles. The van der Waals surface area contributed by atoms with Gasteiger partial charge in [0, 0.05) is 12.6 Å². The number of rotatable bonds is 4. The number of hydrogen-bond acceptors (Lipinski definition) is 2. The van der Waals surface area contributed by atoms with Gasteiger partial charge in [0.25, 0.3) is 11.8 Å². The summed E-state index contributed by atoms with van der Waals surface area (Å²) < 4.78 is 0. The van der Waals surface area contributed by atoms with Crippen LogP contribution in [0.2, 0.25) is 0 Å². The zero-order valence-corrected chi connectivity index (χ0v) is 11.5. The van der Waals surface area contributed by atoms with Crippen molar-refractivity contribution in [3.05, 3.63) is 77.9 Å². The van der Waals surface area contributed by atoms with Gasteiger partial charge in [0.1, 0.15) is 0 Å². The molecule has 104 valence electrons.